The summed E-state index contributed by atoms with van der Waals surface area (Å²) in [7, 11) is 5.06. The summed E-state index contributed by atoms with van der Waals surface area (Å²) < 4.78 is 17.1. The summed E-state index contributed by atoms with van der Waals surface area (Å²) in [6, 6.07) is 0. The van der Waals surface area contributed by atoms with E-state index in [1.54, 1.807) is 21.3 Å². The molecule has 0 saturated carbocycles. The fourth-order valence-corrected chi connectivity index (χ4v) is 6.45. The van der Waals surface area contributed by atoms with Crippen molar-refractivity contribution in [2.24, 2.45) is 0 Å². The molecule has 0 aromatic heterocycles. The molecular formula is C9H23NO3Sn. The van der Waals surface area contributed by atoms with Crippen LogP contribution in [0.5, 0.6) is 0 Å². The number of nitrogens with one attached hydrogen (secondary N) is 1. The zero-order valence-electron chi connectivity index (χ0n) is 9.76. The van der Waals surface area contributed by atoms with Gasteiger partial charge >= 0.3 is 92.8 Å². The number of hydrogen-bond donors (Lipinski definition) is 1. The molecule has 0 saturated heterocycles. The molecule has 0 aliphatic heterocycles. The van der Waals surface area contributed by atoms with Gasteiger partial charge in [0.2, 0.25) is 0 Å². The van der Waals surface area contributed by atoms with Crippen LogP contribution in [0.1, 0.15) is 19.8 Å². The molecule has 0 rings (SSSR count). The van der Waals surface area contributed by atoms with E-state index in [2.05, 4.69) is 12.2 Å². The molecule has 0 unspecified atom stereocenters. The third-order valence-corrected chi connectivity index (χ3v) is 10.4. The Morgan fingerprint density at radius 1 is 1.00 bits per heavy atom. The molecule has 1 N–H and O–H groups in total. The first-order chi connectivity index (χ1) is 6.74. The monoisotopic (exact) mass is 313 g/mol. The van der Waals surface area contributed by atoms with Crippen molar-refractivity contribution in [3.63, 3.8) is 0 Å². The van der Waals surface area contributed by atoms with Gasteiger partial charge in [-0.1, -0.05) is 0 Å². The van der Waals surface area contributed by atoms with E-state index in [1.165, 1.54) is 0 Å². The summed E-state index contributed by atoms with van der Waals surface area (Å²) in [5, 5.41) is 3.29. The first kappa shape index (κ1) is 14.6. The Balaban J connectivity index is 3.61. The molecule has 14 heavy (non-hydrogen) atoms. The van der Waals surface area contributed by atoms with Crippen molar-refractivity contribution in [2.45, 2.75) is 24.2 Å². The third kappa shape index (κ3) is 5.50. The van der Waals surface area contributed by atoms with Gasteiger partial charge in [0, 0.05) is 0 Å². The molecule has 0 atom stereocenters. The minimum absolute atomic E-state index is 0.962. The van der Waals surface area contributed by atoms with Gasteiger partial charge in [0.25, 0.3) is 0 Å². The quantitative estimate of drug-likeness (QED) is 0.514. The third-order valence-electron chi connectivity index (χ3n) is 2.27. The molecule has 0 aliphatic rings. The van der Waals surface area contributed by atoms with Crippen LogP contribution in [0.25, 0.3) is 0 Å². The van der Waals surface area contributed by atoms with Crippen molar-refractivity contribution in [3.8, 4) is 0 Å². The topological polar surface area (TPSA) is 39.7 Å². The van der Waals surface area contributed by atoms with E-state index in [4.69, 9.17) is 9.22 Å². The molecule has 0 fully saturated rings. The Bertz CT molecular complexity index is 123. The molecule has 86 valence electrons. The molecule has 0 amide bonds. The summed E-state index contributed by atoms with van der Waals surface area (Å²) in [5.41, 5.74) is 0. The predicted molar refractivity (Wildman–Crippen MR) is 59.4 cm³/mol. The van der Waals surface area contributed by atoms with Crippen LogP contribution in [0, 0.1) is 0 Å². The minimum atomic E-state index is -3.05. The van der Waals surface area contributed by atoms with Crippen molar-refractivity contribution >= 4 is 19.6 Å². The SMILES string of the molecule is CCNCCC[CH2][Sn]([O]C)([O]C)[O]C. The van der Waals surface area contributed by atoms with Crippen LogP contribution in [0.2, 0.25) is 4.44 Å². The van der Waals surface area contributed by atoms with Crippen LogP contribution >= 0.6 is 0 Å². The average Bonchev–Trinajstić information content (AvgIpc) is 2.24. The van der Waals surface area contributed by atoms with Gasteiger partial charge in [-0.3, -0.25) is 0 Å². The van der Waals surface area contributed by atoms with Gasteiger partial charge in [0.05, 0.1) is 0 Å². The van der Waals surface area contributed by atoms with E-state index in [0.29, 0.717) is 0 Å². The van der Waals surface area contributed by atoms with Crippen molar-refractivity contribution in [2.75, 3.05) is 34.4 Å². The maximum absolute atomic E-state index is 5.39. The predicted octanol–water partition coefficient (Wildman–Crippen LogP) is 1.25. The van der Waals surface area contributed by atoms with Crippen LogP contribution in [0.3, 0.4) is 0 Å². The Morgan fingerprint density at radius 3 is 2.00 bits per heavy atom. The second-order valence-electron chi connectivity index (χ2n) is 3.11. The van der Waals surface area contributed by atoms with Crippen molar-refractivity contribution in [1.29, 1.82) is 0 Å². The fourth-order valence-electron chi connectivity index (χ4n) is 1.32. The van der Waals surface area contributed by atoms with E-state index in [9.17, 15) is 0 Å². The maximum atomic E-state index is 5.39. The molecule has 5 heteroatoms. The van der Waals surface area contributed by atoms with Crippen LogP contribution in [-0.2, 0) is 9.22 Å². The summed E-state index contributed by atoms with van der Waals surface area (Å²) in [6.45, 7) is 4.21. The molecule has 0 aromatic carbocycles. The van der Waals surface area contributed by atoms with E-state index in [0.717, 1.165) is 30.4 Å². The molecule has 0 heterocycles. The number of rotatable bonds is 9. The Kier molecular flexibility index (Phi) is 9.31. The van der Waals surface area contributed by atoms with Gasteiger partial charge < -0.3 is 0 Å². The fraction of sp³-hybridized carbons (Fsp3) is 1.00. The van der Waals surface area contributed by atoms with Gasteiger partial charge in [-0.15, -0.1) is 0 Å². The van der Waals surface area contributed by atoms with Crippen molar-refractivity contribution < 1.29 is 9.22 Å². The molecule has 0 spiro atoms. The van der Waals surface area contributed by atoms with Gasteiger partial charge in [0.15, 0.2) is 0 Å². The summed E-state index contributed by atoms with van der Waals surface area (Å²) >= 11 is -3.05. The van der Waals surface area contributed by atoms with Gasteiger partial charge in [0.1, 0.15) is 0 Å². The average molecular weight is 312 g/mol. The van der Waals surface area contributed by atoms with Gasteiger partial charge in [-0.2, -0.15) is 0 Å². The number of unbranched alkanes of at least 4 members (excludes halogenated alkanes) is 1. The Hall–Kier alpha value is 0.639. The summed E-state index contributed by atoms with van der Waals surface area (Å²) in [6.07, 6.45) is 2.27. The van der Waals surface area contributed by atoms with Gasteiger partial charge in [-0.25, -0.2) is 0 Å². The van der Waals surface area contributed by atoms with E-state index in [1.807, 2.05) is 0 Å². The molecule has 0 radical (unpaired) electrons. The molecule has 4 nitrogen and oxygen atoms in total. The zero-order valence-corrected chi connectivity index (χ0v) is 12.6. The standard InChI is InChI=1S/C6H14N.3CH3O.Sn/c1-3-5-6-7-4-2;3*1-2;/h7H,1,3-6H2,2H3;3*1H3;/q;3*-1;+3. The number of hydrogen-bond acceptors (Lipinski definition) is 4. The van der Waals surface area contributed by atoms with Crippen molar-refractivity contribution in [1.82, 2.24) is 5.32 Å². The first-order valence-corrected chi connectivity index (χ1v) is 10.6. The zero-order chi connectivity index (χ0) is 10.9. The van der Waals surface area contributed by atoms with Gasteiger partial charge in [-0.05, 0) is 0 Å². The van der Waals surface area contributed by atoms with Crippen LogP contribution in [0.15, 0.2) is 0 Å². The normalized spacial score (nSPS) is 12.0. The molecule has 0 aliphatic carbocycles. The van der Waals surface area contributed by atoms with Crippen LogP contribution < -0.4 is 5.32 Å². The Morgan fingerprint density at radius 2 is 1.57 bits per heavy atom. The van der Waals surface area contributed by atoms with E-state index in [-0.39, 0.29) is 0 Å². The van der Waals surface area contributed by atoms with E-state index < -0.39 is 19.6 Å². The summed E-state index contributed by atoms with van der Waals surface area (Å²) in [5.74, 6) is 0. The Labute approximate surface area is 92.8 Å². The summed E-state index contributed by atoms with van der Waals surface area (Å²) in [4.78, 5) is 0. The second-order valence-corrected chi connectivity index (χ2v) is 11.9. The van der Waals surface area contributed by atoms with E-state index >= 15 is 0 Å². The first-order valence-electron chi connectivity index (χ1n) is 5.10. The second kappa shape index (κ2) is 8.91. The molecule has 0 aromatic rings. The molecule has 0 bridgehead atoms. The molecular weight excluding hydrogens is 289 g/mol. The van der Waals surface area contributed by atoms with Crippen LogP contribution in [0.4, 0.5) is 0 Å². The van der Waals surface area contributed by atoms with Crippen LogP contribution in [-0.4, -0.2) is 54.0 Å². The van der Waals surface area contributed by atoms with Crippen molar-refractivity contribution in [3.05, 3.63) is 0 Å².